The molecule has 2 N–H and O–H groups in total. The maximum Gasteiger partial charge on any atom is 0.303 e. The van der Waals surface area contributed by atoms with Gasteiger partial charge in [0.15, 0.2) is 0 Å². The van der Waals surface area contributed by atoms with E-state index in [1.54, 1.807) is 14.2 Å². The Labute approximate surface area is 135 Å². The van der Waals surface area contributed by atoms with E-state index in [1.165, 1.54) is 0 Å². The summed E-state index contributed by atoms with van der Waals surface area (Å²) in [5, 5.41) is 12.1. The molecule has 2 rings (SSSR count). The van der Waals surface area contributed by atoms with Crippen molar-refractivity contribution in [2.24, 2.45) is 0 Å². The standard InChI is InChI=1S/C18H21NO4/c1-22-16-9-14(10-17(11-16)23-2)12-19-15-5-3-4-13(8-15)6-7-18(20)21/h3-5,8-11,19H,6-7,12H2,1-2H3,(H,20,21). The average Bonchev–Trinajstić information content (AvgIpc) is 2.58. The highest BCUT2D eigenvalue weighted by atomic mass is 16.5. The van der Waals surface area contributed by atoms with Crippen molar-refractivity contribution in [3.05, 3.63) is 53.6 Å². The normalized spacial score (nSPS) is 10.2. The van der Waals surface area contributed by atoms with Crippen LogP contribution in [0.1, 0.15) is 17.5 Å². The molecule has 2 aromatic rings. The first-order valence-corrected chi connectivity index (χ1v) is 7.37. The van der Waals surface area contributed by atoms with Crippen molar-refractivity contribution in [3.8, 4) is 11.5 Å². The molecule has 5 nitrogen and oxygen atoms in total. The van der Waals surface area contributed by atoms with E-state index >= 15 is 0 Å². The van der Waals surface area contributed by atoms with E-state index in [2.05, 4.69) is 5.32 Å². The Morgan fingerprint density at radius 1 is 1.04 bits per heavy atom. The molecule has 122 valence electrons. The van der Waals surface area contributed by atoms with Gasteiger partial charge >= 0.3 is 5.97 Å². The Hall–Kier alpha value is -2.69. The molecule has 0 amide bonds. The number of hydrogen-bond acceptors (Lipinski definition) is 4. The van der Waals surface area contributed by atoms with Gasteiger partial charge in [-0.25, -0.2) is 0 Å². The zero-order valence-corrected chi connectivity index (χ0v) is 13.3. The van der Waals surface area contributed by atoms with Crippen LogP contribution in [0, 0.1) is 0 Å². The van der Waals surface area contributed by atoms with Crippen molar-refractivity contribution < 1.29 is 19.4 Å². The second kappa shape index (κ2) is 8.08. The number of ether oxygens (including phenoxy) is 2. The molecule has 0 aliphatic rings. The number of aryl methyl sites for hydroxylation is 1. The summed E-state index contributed by atoms with van der Waals surface area (Å²) in [6.07, 6.45) is 0.661. The van der Waals surface area contributed by atoms with Crippen molar-refractivity contribution >= 4 is 11.7 Å². The molecule has 0 atom stereocenters. The molecule has 0 radical (unpaired) electrons. The van der Waals surface area contributed by atoms with Gasteiger partial charge in [0.25, 0.3) is 0 Å². The summed E-state index contributed by atoms with van der Waals surface area (Å²) in [4.78, 5) is 10.6. The highest BCUT2D eigenvalue weighted by molar-refractivity contribution is 5.67. The monoisotopic (exact) mass is 315 g/mol. The minimum atomic E-state index is -0.785. The number of hydrogen-bond donors (Lipinski definition) is 2. The molecular weight excluding hydrogens is 294 g/mol. The van der Waals surface area contributed by atoms with E-state index in [0.29, 0.717) is 13.0 Å². The van der Waals surface area contributed by atoms with Crippen LogP contribution in [0.25, 0.3) is 0 Å². The molecule has 23 heavy (non-hydrogen) atoms. The molecule has 0 spiro atoms. The highest BCUT2D eigenvalue weighted by Crippen LogP contribution is 2.23. The zero-order valence-electron chi connectivity index (χ0n) is 13.3. The second-order valence-electron chi connectivity index (χ2n) is 5.17. The Balaban J connectivity index is 2.03. The van der Waals surface area contributed by atoms with E-state index in [1.807, 2.05) is 42.5 Å². The van der Waals surface area contributed by atoms with Crippen LogP contribution in [0.5, 0.6) is 11.5 Å². The molecule has 0 aliphatic carbocycles. The molecule has 0 unspecified atom stereocenters. The van der Waals surface area contributed by atoms with Gasteiger partial charge in [-0.2, -0.15) is 0 Å². The van der Waals surface area contributed by atoms with Gasteiger partial charge in [-0.3, -0.25) is 4.79 Å². The number of methoxy groups -OCH3 is 2. The zero-order chi connectivity index (χ0) is 16.7. The third-order valence-electron chi connectivity index (χ3n) is 3.46. The quantitative estimate of drug-likeness (QED) is 0.782. The van der Waals surface area contributed by atoms with Crippen molar-refractivity contribution in [2.45, 2.75) is 19.4 Å². The first-order valence-electron chi connectivity index (χ1n) is 7.37. The third kappa shape index (κ3) is 5.21. The Morgan fingerprint density at radius 2 is 1.74 bits per heavy atom. The number of carboxylic acids is 1. The molecule has 0 heterocycles. The largest absolute Gasteiger partial charge is 0.497 e. The van der Waals surface area contributed by atoms with Crippen LogP contribution < -0.4 is 14.8 Å². The number of rotatable bonds is 8. The smallest absolute Gasteiger partial charge is 0.303 e. The minimum absolute atomic E-state index is 0.135. The molecule has 5 heteroatoms. The fourth-order valence-corrected chi connectivity index (χ4v) is 2.26. The average molecular weight is 315 g/mol. The van der Waals surface area contributed by atoms with Crippen molar-refractivity contribution in [3.63, 3.8) is 0 Å². The first-order chi connectivity index (χ1) is 11.1. The molecule has 0 saturated carbocycles. The topological polar surface area (TPSA) is 67.8 Å². The van der Waals surface area contributed by atoms with Crippen LogP contribution in [0.2, 0.25) is 0 Å². The molecule has 0 bridgehead atoms. The van der Waals surface area contributed by atoms with Crippen LogP contribution in [0.3, 0.4) is 0 Å². The predicted molar refractivity (Wildman–Crippen MR) is 89.3 cm³/mol. The number of anilines is 1. The number of carboxylic acid groups (broad SMARTS) is 1. The van der Waals surface area contributed by atoms with Crippen LogP contribution >= 0.6 is 0 Å². The van der Waals surface area contributed by atoms with E-state index < -0.39 is 5.97 Å². The lowest BCUT2D eigenvalue weighted by Crippen LogP contribution is -2.02. The first kappa shape index (κ1) is 16.7. The third-order valence-corrected chi connectivity index (χ3v) is 3.46. The van der Waals surface area contributed by atoms with Gasteiger partial charge in [-0.1, -0.05) is 12.1 Å². The lowest BCUT2D eigenvalue weighted by molar-refractivity contribution is -0.136. The van der Waals surface area contributed by atoms with Crippen LogP contribution in [-0.4, -0.2) is 25.3 Å². The van der Waals surface area contributed by atoms with Crippen LogP contribution in [0.15, 0.2) is 42.5 Å². The van der Waals surface area contributed by atoms with Gasteiger partial charge in [-0.15, -0.1) is 0 Å². The van der Waals surface area contributed by atoms with Crippen molar-refractivity contribution in [2.75, 3.05) is 19.5 Å². The highest BCUT2D eigenvalue weighted by Gasteiger charge is 2.03. The summed E-state index contributed by atoms with van der Waals surface area (Å²) in [5.41, 5.74) is 2.99. The summed E-state index contributed by atoms with van der Waals surface area (Å²) >= 11 is 0. The van der Waals surface area contributed by atoms with Crippen LogP contribution in [0.4, 0.5) is 5.69 Å². The maximum atomic E-state index is 10.6. The summed E-state index contributed by atoms with van der Waals surface area (Å²) in [6, 6.07) is 13.5. The minimum Gasteiger partial charge on any atom is -0.497 e. The summed E-state index contributed by atoms with van der Waals surface area (Å²) in [6.45, 7) is 0.621. The predicted octanol–water partition coefficient (Wildman–Crippen LogP) is 3.33. The van der Waals surface area contributed by atoms with E-state index in [9.17, 15) is 4.79 Å². The Bertz CT molecular complexity index is 648. The van der Waals surface area contributed by atoms with Gasteiger partial charge in [0.2, 0.25) is 0 Å². The SMILES string of the molecule is COc1cc(CNc2cccc(CCC(=O)O)c2)cc(OC)c1. The molecule has 0 saturated heterocycles. The lowest BCUT2D eigenvalue weighted by Gasteiger charge is -2.11. The second-order valence-corrected chi connectivity index (χ2v) is 5.17. The van der Waals surface area contributed by atoms with Crippen LogP contribution in [-0.2, 0) is 17.8 Å². The number of aliphatic carboxylic acids is 1. The van der Waals surface area contributed by atoms with E-state index in [4.69, 9.17) is 14.6 Å². The lowest BCUT2D eigenvalue weighted by atomic mass is 10.1. The molecule has 0 fully saturated rings. The van der Waals surface area contributed by atoms with Gasteiger partial charge < -0.3 is 19.9 Å². The maximum absolute atomic E-state index is 10.6. The van der Waals surface area contributed by atoms with Gasteiger partial charge in [0, 0.05) is 24.7 Å². The molecular formula is C18H21NO4. The Kier molecular flexibility index (Phi) is 5.86. The fourth-order valence-electron chi connectivity index (χ4n) is 2.26. The van der Waals surface area contributed by atoms with Gasteiger partial charge in [0.1, 0.15) is 11.5 Å². The number of nitrogens with one attached hydrogen (secondary N) is 1. The van der Waals surface area contributed by atoms with Gasteiger partial charge in [-0.05, 0) is 41.8 Å². The van der Waals surface area contributed by atoms with E-state index in [-0.39, 0.29) is 6.42 Å². The van der Waals surface area contributed by atoms with E-state index in [0.717, 1.165) is 28.3 Å². The van der Waals surface area contributed by atoms with Crippen molar-refractivity contribution in [1.82, 2.24) is 0 Å². The summed E-state index contributed by atoms with van der Waals surface area (Å²) in [7, 11) is 3.25. The van der Waals surface area contributed by atoms with Crippen molar-refractivity contribution in [1.29, 1.82) is 0 Å². The summed E-state index contributed by atoms with van der Waals surface area (Å²) in [5.74, 6) is 0.708. The molecule has 2 aromatic carbocycles. The molecule has 0 aromatic heterocycles. The fraction of sp³-hybridized carbons (Fsp3) is 0.278. The Morgan fingerprint density at radius 3 is 2.35 bits per heavy atom. The number of carbonyl (C=O) groups is 1. The van der Waals surface area contributed by atoms with Gasteiger partial charge in [0.05, 0.1) is 14.2 Å². The molecule has 0 aliphatic heterocycles. The number of benzene rings is 2. The summed E-state index contributed by atoms with van der Waals surface area (Å²) < 4.78 is 10.5.